The molecule has 30 heavy (non-hydrogen) atoms. The standard InChI is InChI=1S/C28H42O2/c1-20(2)11-8-12-21(3)13-9-14-22(4)15-10-17-28(7)18-16-25-24(6)26(29)19-23(5)27(25)30-28/h11,13,15,19,29H,8-10,12,14,16-18H2,1-7H3/b21-13+,22-15+/t28-/m0/s1. The van der Waals surface area contributed by atoms with Crippen molar-refractivity contribution in [3.05, 3.63) is 57.7 Å². The number of benzene rings is 1. The summed E-state index contributed by atoms with van der Waals surface area (Å²) < 4.78 is 6.48. The molecular formula is C28H42O2. The zero-order chi connectivity index (χ0) is 22.3. The Bertz CT molecular complexity index is 822. The largest absolute Gasteiger partial charge is 0.508 e. The van der Waals surface area contributed by atoms with Gasteiger partial charge in [0.25, 0.3) is 0 Å². The number of phenols is 1. The number of allylic oxidation sites excluding steroid dienone is 6. The van der Waals surface area contributed by atoms with Crippen molar-refractivity contribution < 1.29 is 9.84 Å². The average molecular weight is 411 g/mol. The molecule has 0 amide bonds. The molecule has 0 bridgehead atoms. The normalized spacial score (nSPS) is 19.3. The number of rotatable bonds is 9. The average Bonchev–Trinajstić information content (AvgIpc) is 2.66. The Morgan fingerprint density at radius 1 is 1.00 bits per heavy atom. The van der Waals surface area contributed by atoms with Crippen LogP contribution < -0.4 is 4.74 Å². The van der Waals surface area contributed by atoms with Gasteiger partial charge in [-0.15, -0.1) is 0 Å². The summed E-state index contributed by atoms with van der Waals surface area (Å²) in [6.07, 6.45) is 15.8. The smallest absolute Gasteiger partial charge is 0.126 e. The Morgan fingerprint density at radius 3 is 2.23 bits per heavy atom. The fourth-order valence-corrected chi connectivity index (χ4v) is 4.21. The maximum Gasteiger partial charge on any atom is 0.126 e. The van der Waals surface area contributed by atoms with Crippen LogP contribution in [0.3, 0.4) is 0 Å². The summed E-state index contributed by atoms with van der Waals surface area (Å²) in [5.74, 6) is 1.38. The van der Waals surface area contributed by atoms with Crippen molar-refractivity contribution in [1.29, 1.82) is 0 Å². The molecule has 166 valence electrons. The molecule has 0 saturated carbocycles. The molecule has 0 aromatic heterocycles. The fourth-order valence-electron chi connectivity index (χ4n) is 4.21. The Kier molecular flexibility index (Phi) is 8.82. The predicted octanol–water partition coefficient (Wildman–Crippen LogP) is 8.29. The van der Waals surface area contributed by atoms with E-state index in [0.29, 0.717) is 5.75 Å². The maximum atomic E-state index is 10.1. The Balaban J connectivity index is 1.83. The van der Waals surface area contributed by atoms with Crippen LogP contribution in [0.25, 0.3) is 0 Å². The van der Waals surface area contributed by atoms with Crippen LogP contribution in [0, 0.1) is 13.8 Å². The van der Waals surface area contributed by atoms with E-state index in [2.05, 4.69) is 52.8 Å². The van der Waals surface area contributed by atoms with Crippen molar-refractivity contribution >= 4 is 0 Å². The molecule has 2 heteroatoms. The van der Waals surface area contributed by atoms with Gasteiger partial charge in [-0.25, -0.2) is 0 Å². The zero-order valence-electron chi connectivity index (χ0n) is 20.3. The van der Waals surface area contributed by atoms with Gasteiger partial charge in [-0.3, -0.25) is 0 Å². The molecule has 0 fully saturated rings. The van der Waals surface area contributed by atoms with Gasteiger partial charge in [0.1, 0.15) is 17.1 Å². The third kappa shape index (κ3) is 7.07. The van der Waals surface area contributed by atoms with Crippen molar-refractivity contribution in [3.8, 4) is 11.5 Å². The SMILES string of the molecule is CC(C)=CCC/C(C)=C/CC/C(C)=C/CC[C@@]1(C)CCc2c(C)c(O)cc(C)c2O1. The number of phenolic OH excluding ortho intramolecular Hbond substituents is 1. The predicted molar refractivity (Wildman–Crippen MR) is 130 cm³/mol. The van der Waals surface area contributed by atoms with E-state index in [1.165, 1.54) is 28.7 Å². The minimum Gasteiger partial charge on any atom is -0.508 e. The lowest BCUT2D eigenvalue weighted by molar-refractivity contribution is 0.0559. The monoisotopic (exact) mass is 410 g/mol. The molecule has 1 aromatic rings. The molecule has 1 heterocycles. The quantitative estimate of drug-likeness (QED) is 0.415. The second-order valence-electron chi connectivity index (χ2n) is 9.70. The van der Waals surface area contributed by atoms with E-state index in [4.69, 9.17) is 4.74 Å². The topological polar surface area (TPSA) is 29.5 Å². The van der Waals surface area contributed by atoms with E-state index in [1.807, 2.05) is 19.9 Å². The molecule has 0 aliphatic carbocycles. The van der Waals surface area contributed by atoms with Crippen molar-refractivity contribution in [3.63, 3.8) is 0 Å². The molecule has 0 saturated heterocycles. The van der Waals surface area contributed by atoms with E-state index < -0.39 is 0 Å². The third-order valence-corrected chi connectivity index (χ3v) is 6.36. The van der Waals surface area contributed by atoms with Crippen LogP contribution in [0.2, 0.25) is 0 Å². The molecule has 1 aliphatic heterocycles. The van der Waals surface area contributed by atoms with Crippen molar-refractivity contribution in [1.82, 2.24) is 0 Å². The minimum absolute atomic E-state index is 0.126. The highest BCUT2D eigenvalue weighted by Gasteiger charge is 2.33. The van der Waals surface area contributed by atoms with Gasteiger partial charge in [0, 0.05) is 5.56 Å². The van der Waals surface area contributed by atoms with Crippen LogP contribution in [0.5, 0.6) is 11.5 Å². The van der Waals surface area contributed by atoms with Crippen molar-refractivity contribution in [2.75, 3.05) is 0 Å². The van der Waals surface area contributed by atoms with E-state index in [0.717, 1.165) is 61.8 Å². The van der Waals surface area contributed by atoms with Gasteiger partial charge in [-0.05, 0) is 117 Å². The lowest BCUT2D eigenvalue weighted by Crippen LogP contribution is -2.36. The summed E-state index contributed by atoms with van der Waals surface area (Å²) in [6.45, 7) is 15.1. The van der Waals surface area contributed by atoms with Gasteiger partial charge in [0.05, 0.1) is 0 Å². The highest BCUT2D eigenvalue weighted by atomic mass is 16.5. The number of aromatic hydroxyl groups is 1. The first-order valence-corrected chi connectivity index (χ1v) is 11.6. The van der Waals surface area contributed by atoms with Crippen LogP contribution in [0.4, 0.5) is 0 Å². The molecule has 2 rings (SSSR count). The molecule has 1 aromatic carbocycles. The summed E-state index contributed by atoms with van der Waals surface area (Å²) in [4.78, 5) is 0. The number of aryl methyl sites for hydroxylation is 1. The number of fused-ring (bicyclic) bond motifs is 1. The van der Waals surface area contributed by atoms with Gasteiger partial charge in [0.2, 0.25) is 0 Å². The molecule has 1 N–H and O–H groups in total. The second-order valence-corrected chi connectivity index (χ2v) is 9.70. The zero-order valence-corrected chi connectivity index (χ0v) is 20.3. The van der Waals surface area contributed by atoms with E-state index in [9.17, 15) is 5.11 Å². The summed E-state index contributed by atoms with van der Waals surface area (Å²) in [7, 11) is 0. The minimum atomic E-state index is -0.126. The molecule has 0 spiro atoms. The first-order chi connectivity index (χ1) is 14.1. The van der Waals surface area contributed by atoms with Gasteiger partial charge in [-0.2, -0.15) is 0 Å². The molecule has 1 atom stereocenters. The van der Waals surface area contributed by atoms with E-state index in [-0.39, 0.29) is 5.60 Å². The molecular weight excluding hydrogens is 368 g/mol. The third-order valence-electron chi connectivity index (χ3n) is 6.36. The highest BCUT2D eigenvalue weighted by molar-refractivity contribution is 5.53. The highest BCUT2D eigenvalue weighted by Crippen LogP contribution is 2.42. The number of hydrogen-bond donors (Lipinski definition) is 1. The first-order valence-electron chi connectivity index (χ1n) is 11.6. The van der Waals surface area contributed by atoms with Gasteiger partial charge in [-0.1, -0.05) is 34.9 Å². The second kappa shape index (κ2) is 10.9. The van der Waals surface area contributed by atoms with Crippen LogP contribution >= 0.6 is 0 Å². The van der Waals surface area contributed by atoms with Gasteiger partial charge in [0.15, 0.2) is 0 Å². The summed E-state index contributed by atoms with van der Waals surface area (Å²) in [5, 5.41) is 10.1. The lowest BCUT2D eigenvalue weighted by atomic mass is 9.86. The summed E-state index contributed by atoms with van der Waals surface area (Å²) >= 11 is 0. The van der Waals surface area contributed by atoms with Gasteiger partial charge >= 0.3 is 0 Å². The molecule has 0 unspecified atom stereocenters. The van der Waals surface area contributed by atoms with Crippen LogP contribution in [0.1, 0.15) is 96.3 Å². The van der Waals surface area contributed by atoms with Crippen molar-refractivity contribution in [2.45, 2.75) is 105 Å². The Labute approximate surface area is 184 Å². The number of hydrogen-bond acceptors (Lipinski definition) is 2. The van der Waals surface area contributed by atoms with Crippen LogP contribution in [0.15, 0.2) is 41.0 Å². The van der Waals surface area contributed by atoms with Crippen molar-refractivity contribution in [2.24, 2.45) is 0 Å². The number of ether oxygens (including phenoxy) is 1. The molecule has 1 aliphatic rings. The van der Waals surface area contributed by atoms with Crippen LogP contribution in [-0.4, -0.2) is 10.7 Å². The maximum absolute atomic E-state index is 10.1. The Morgan fingerprint density at radius 2 is 1.60 bits per heavy atom. The molecule has 2 nitrogen and oxygen atoms in total. The van der Waals surface area contributed by atoms with E-state index >= 15 is 0 Å². The van der Waals surface area contributed by atoms with Crippen LogP contribution in [-0.2, 0) is 6.42 Å². The first kappa shape index (κ1) is 24.3. The molecule has 0 radical (unpaired) electrons. The van der Waals surface area contributed by atoms with E-state index in [1.54, 1.807) is 0 Å². The van der Waals surface area contributed by atoms with Gasteiger partial charge < -0.3 is 9.84 Å². The Hall–Kier alpha value is -1.96. The lowest BCUT2D eigenvalue weighted by Gasteiger charge is -2.37. The fraction of sp³-hybridized carbons (Fsp3) is 0.571. The summed E-state index contributed by atoms with van der Waals surface area (Å²) in [5.41, 5.74) is 7.45. The summed E-state index contributed by atoms with van der Waals surface area (Å²) in [6, 6.07) is 1.83.